The maximum atomic E-state index is 13.8. The first-order chi connectivity index (χ1) is 12.9. The van der Waals surface area contributed by atoms with Gasteiger partial charge in [-0.25, -0.2) is 0 Å². The number of aliphatic hydroxyl groups is 2. The Labute approximate surface area is 168 Å². The molecule has 2 bridgehead atoms. The SMILES string of the molecule is C[C@H]1C(=O)[C@]23[C@@H]4OC(C)(C)O[C@@H]2C[C@H]2C(C)(C)CC[C@@H](O)[C@@]2(C)[C@H]3[C@@H](O)C[C@@H]41. The van der Waals surface area contributed by atoms with Crippen LogP contribution in [0.25, 0.3) is 0 Å². The van der Waals surface area contributed by atoms with Crippen LogP contribution < -0.4 is 0 Å². The van der Waals surface area contributed by atoms with E-state index >= 15 is 0 Å². The van der Waals surface area contributed by atoms with Crippen LogP contribution in [0.15, 0.2) is 0 Å². The van der Waals surface area contributed by atoms with Crippen molar-refractivity contribution in [3.63, 3.8) is 0 Å². The molecule has 5 aliphatic rings. The van der Waals surface area contributed by atoms with Crippen molar-refractivity contribution in [2.75, 3.05) is 0 Å². The third kappa shape index (κ3) is 2.00. The molecule has 4 saturated carbocycles. The van der Waals surface area contributed by atoms with Crippen LogP contribution in [-0.2, 0) is 14.3 Å². The van der Waals surface area contributed by atoms with Crippen LogP contribution in [-0.4, -0.2) is 46.2 Å². The molecule has 158 valence electrons. The number of Topliss-reactive ketones (excluding diaryl/α,β-unsaturated/α-hetero) is 1. The minimum atomic E-state index is -0.836. The molecule has 5 fully saturated rings. The van der Waals surface area contributed by atoms with Gasteiger partial charge in [-0.2, -0.15) is 0 Å². The van der Waals surface area contributed by atoms with E-state index in [9.17, 15) is 15.0 Å². The van der Waals surface area contributed by atoms with Crippen LogP contribution in [0.3, 0.4) is 0 Å². The van der Waals surface area contributed by atoms with E-state index in [1.54, 1.807) is 0 Å². The lowest BCUT2D eigenvalue weighted by Gasteiger charge is -2.70. The summed E-state index contributed by atoms with van der Waals surface area (Å²) in [6.45, 7) is 12.6. The van der Waals surface area contributed by atoms with E-state index in [0.717, 1.165) is 19.3 Å². The van der Waals surface area contributed by atoms with Crippen molar-refractivity contribution in [2.24, 2.45) is 39.9 Å². The van der Waals surface area contributed by atoms with E-state index in [1.807, 2.05) is 20.8 Å². The number of hydrogen-bond donors (Lipinski definition) is 2. The highest BCUT2D eigenvalue weighted by atomic mass is 16.7. The second-order valence-corrected chi connectivity index (χ2v) is 11.8. The molecule has 0 aromatic heterocycles. The summed E-state index contributed by atoms with van der Waals surface area (Å²) < 4.78 is 12.9. The van der Waals surface area contributed by atoms with Gasteiger partial charge in [0, 0.05) is 17.3 Å². The Kier molecular flexibility index (Phi) is 3.76. The molecule has 1 aliphatic heterocycles. The number of ether oxygens (including phenoxy) is 2. The van der Waals surface area contributed by atoms with Gasteiger partial charge in [0.05, 0.1) is 29.8 Å². The number of ketones is 1. The van der Waals surface area contributed by atoms with E-state index in [2.05, 4.69) is 20.8 Å². The molecule has 0 aromatic carbocycles. The number of carbonyl (C=O) groups is 1. The second-order valence-electron chi connectivity index (χ2n) is 11.8. The van der Waals surface area contributed by atoms with Crippen LogP contribution in [0, 0.1) is 39.9 Å². The summed E-state index contributed by atoms with van der Waals surface area (Å²) in [5.74, 6) is -0.794. The number of rotatable bonds is 0. The first kappa shape index (κ1) is 19.5. The van der Waals surface area contributed by atoms with Gasteiger partial charge in [-0.05, 0) is 56.8 Å². The van der Waals surface area contributed by atoms with Gasteiger partial charge < -0.3 is 19.7 Å². The van der Waals surface area contributed by atoms with E-state index < -0.39 is 28.8 Å². The van der Waals surface area contributed by atoms with E-state index in [4.69, 9.17) is 9.47 Å². The Morgan fingerprint density at radius 1 is 1.04 bits per heavy atom. The molecular formula is C23H36O5. The summed E-state index contributed by atoms with van der Waals surface area (Å²) >= 11 is 0. The van der Waals surface area contributed by atoms with Gasteiger partial charge in [0.1, 0.15) is 5.78 Å². The Hall–Kier alpha value is -0.490. The van der Waals surface area contributed by atoms with E-state index in [0.29, 0.717) is 6.42 Å². The largest absolute Gasteiger partial charge is 0.393 e. The fraction of sp³-hybridized carbons (Fsp3) is 0.957. The van der Waals surface area contributed by atoms with Crippen molar-refractivity contribution in [3.05, 3.63) is 0 Å². The molecule has 5 nitrogen and oxygen atoms in total. The van der Waals surface area contributed by atoms with Crippen molar-refractivity contribution < 1.29 is 24.5 Å². The van der Waals surface area contributed by atoms with E-state index in [-0.39, 0.29) is 47.1 Å². The topological polar surface area (TPSA) is 76.0 Å². The van der Waals surface area contributed by atoms with Crippen LogP contribution >= 0.6 is 0 Å². The molecule has 2 N–H and O–H groups in total. The zero-order chi connectivity index (χ0) is 20.4. The minimum Gasteiger partial charge on any atom is -0.393 e. The predicted molar refractivity (Wildman–Crippen MR) is 103 cm³/mol. The summed E-state index contributed by atoms with van der Waals surface area (Å²) in [6.07, 6.45) is 1.37. The summed E-state index contributed by atoms with van der Waals surface area (Å²) in [4.78, 5) is 13.8. The van der Waals surface area contributed by atoms with Crippen molar-refractivity contribution in [1.82, 2.24) is 0 Å². The Morgan fingerprint density at radius 2 is 1.71 bits per heavy atom. The first-order valence-corrected chi connectivity index (χ1v) is 11.1. The zero-order valence-electron chi connectivity index (χ0n) is 18.1. The molecule has 28 heavy (non-hydrogen) atoms. The lowest BCUT2D eigenvalue weighted by atomic mass is 9.38. The molecule has 1 heterocycles. The third-order valence-corrected chi connectivity index (χ3v) is 9.72. The van der Waals surface area contributed by atoms with Gasteiger partial charge in [-0.3, -0.25) is 4.79 Å². The van der Waals surface area contributed by atoms with Crippen molar-refractivity contribution in [3.8, 4) is 0 Å². The monoisotopic (exact) mass is 392 g/mol. The summed E-state index contributed by atoms with van der Waals surface area (Å²) in [5, 5.41) is 22.7. The van der Waals surface area contributed by atoms with Gasteiger partial charge in [0.25, 0.3) is 0 Å². The summed E-state index contributed by atoms with van der Waals surface area (Å²) in [6, 6.07) is 0. The molecule has 0 amide bonds. The Balaban J connectivity index is 1.75. The Bertz CT molecular complexity index is 716. The molecule has 10 atom stereocenters. The molecule has 0 unspecified atom stereocenters. The van der Waals surface area contributed by atoms with Crippen LogP contribution in [0.1, 0.15) is 67.2 Å². The van der Waals surface area contributed by atoms with Gasteiger partial charge in [-0.15, -0.1) is 0 Å². The lowest BCUT2D eigenvalue weighted by Crippen LogP contribution is -2.76. The van der Waals surface area contributed by atoms with Crippen molar-refractivity contribution in [2.45, 2.75) is 97.4 Å². The summed E-state index contributed by atoms with van der Waals surface area (Å²) in [7, 11) is 0. The molecule has 5 rings (SSSR count). The smallest absolute Gasteiger partial charge is 0.163 e. The van der Waals surface area contributed by atoms with Crippen molar-refractivity contribution >= 4 is 5.78 Å². The average molecular weight is 393 g/mol. The summed E-state index contributed by atoms with van der Waals surface area (Å²) in [5.41, 5.74) is -1.33. The molecule has 1 spiro atoms. The highest BCUT2D eigenvalue weighted by molar-refractivity contribution is 5.92. The van der Waals surface area contributed by atoms with Gasteiger partial charge in [0.15, 0.2) is 5.79 Å². The molecule has 0 radical (unpaired) electrons. The average Bonchev–Trinajstić information content (AvgIpc) is 2.72. The van der Waals surface area contributed by atoms with Crippen molar-refractivity contribution in [1.29, 1.82) is 0 Å². The fourth-order valence-electron chi connectivity index (χ4n) is 8.69. The highest BCUT2D eigenvalue weighted by Gasteiger charge is 2.80. The van der Waals surface area contributed by atoms with Crippen LogP contribution in [0.2, 0.25) is 0 Å². The third-order valence-electron chi connectivity index (χ3n) is 9.72. The maximum Gasteiger partial charge on any atom is 0.163 e. The molecule has 4 aliphatic carbocycles. The normalized spacial score (nSPS) is 58.8. The van der Waals surface area contributed by atoms with Gasteiger partial charge >= 0.3 is 0 Å². The van der Waals surface area contributed by atoms with Gasteiger partial charge in [0.2, 0.25) is 0 Å². The van der Waals surface area contributed by atoms with Gasteiger partial charge in [-0.1, -0.05) is 27.7 Å². The zero-order valence-corrected chi connectivity index (χ0v) is 18.1. The van der Waals surface area contributed by atoms with Crippen LogP contribution in [0.5, 0.6) is 0 Å². The Morgan fingerprint density at radius 3 is 2.39 bits per heavy atom. The fourth-order valence-corrected chi connectivity index (χ4v) is 8.69. The molecule has 1 saturated heterocycles. The lowest BCUT2D eigenvalue weighted by molar-refractivity contribution is -0.394. The van der Waals surface area contributed by atoms with Crippen LogP contribution in [0.4, 0.5) is 0 Å². The molecular weight excluding hydrogens is 356 g/mol. The second kappa shape index (κ2) is 5.40. The number of aliphatic hydroxyl groups excluding tert-OH is 2. The maximum absolute atomic E-state index is 13.8. The predicted octanol–water partition coefficient (Wildman–Crippen LogP) is 2.92. The minimum absolute atomic E-state index is 0.0262. The molecule has 5 heteroatoms. The molecule has 0 aromatic rings. The number of hydrogen-bond acceptors (Lipinski definition) is 5. The van der Waals surface area contributed by atoms with E-state index in [1.165, 1.54) is 0 Å². The first-order valence-electron chi connectivity index (χ1n) is 11.1. The number of fused-ring (bicyclic) bond motifs is 2. The number of carbonyl (C=O) groups excluding carboxylic acids is 1. The highest BCUT2D eigenvalue weighted by Crippen LogP contribution is 2.73. The quantitative estimate of drug-likeness (QED) is 0.663. The standard InChI is InChI=1S/C23H36O5/c1-11-12-9-13(24)17-22(6)14(20(2,3)8-7-15(22)25)10-16-23(17,18(11)26)19(12)28-21(4,5)27-16/h11-17,19,24-25H,7-10H2,1-6H3/t11-,12-,13+,14+,15-,16-,17-,19-,22+,23+/m1/s1.